The standard InChI is InChI=1S/C32H49NO2/c1-21-8-11-23(12-9-21)20-33-29(35)15-10-22(2)25-13-14-26-30-27(16-18-32(25,26)4)31(3)17-6-5-7-24(31)19-28(30)34/h8-9,11-12,22,24-28,30,34H,5-7,10,13-20H2,1-4H3,(H,33,35)/t22-,24+,25?,26?,27?,28?,30?,31+,32?/m1/s1. The van der Waals surface area contributed by atoms with Gasteiger partial charge in [-0.1, -0.05) is 63.4 Å². The minimum absolute atomic E-state index is 0.0950. The summed E-state index contributed by atoms with van der Waals surface area (Å²) >= 11 is 0. The summed E-state index contributed by atoms with van der Waals surface area (Å²) in [5, 5.41) is 14.6. The average molecular weight is 480 g/mol. The Hall–Kier alpha value is -1.35. The maximum Gasteiger partial charge on any atom is 0.220 e. The lowest BCUT2D eigenvalue weighted by Gasteiger charge is -2.62. The molecule has 1 aromatic carbocycles. The van der Waals surface area contributed by atoms with Crippen LogP contribution in [0.1, 0.15) is 103 Å². The fourth-order valence-electron chi connectivity index (χ4n) is 9.79. The number of aryl methyl sites for hydroxylation is 1. The number of aliphatic hydroxyl groups excluding tert-OH is 1. The summed E-state index contributed by atoms with van der Waals surface area (Å²) in [7, 11) is 0. The number of benzene rings is 1. The van der Waals surface area contributed by atoms with Crippen LogP contribution in [0.25, 0.3) is 0 Å². The van der Waals surface area contributed by atoms with Crippen molar-refractivity contribution >= 4 is 5.91 Å². The summed E-state index contributed by atoms with van der Waals surface area (Å²) in [6, 6.07) is 8.41. The third-order valence-electron chi connectivity index (χ3n) is 11.8. The smallest absolute Gasteiger partial charge is 0.220 e. The van der Waals surface area contributed by atoms with Crippen molar-refractivity contribution in [1.82, 2.24) is 5.32 Å². The van der Waals surface area contributed by atoms with E-state index in [1.54, 1.807) is 0 Å². The quantitative estimate of drug-likeness (QED) is 0.459. The second-order valence-electron chi connectivity index (χ2n) is 13.5. The summed E-state index contributed by atoms with van der Waals surface area (Å²) < 4.78 is 0. The van der Waals surface area contributed by atoms with Crippen molar-refractivity contribution in [2.24, 2.45) is 46.3 Å². The lowest BCUT2D eigenvalue weighted by molar-refractivity contribution is -0.164. The Labute approximate surface area is 213 Å². The van der Waals surface area contributed by atoms with Crippen LogP contribution in [0, 0.1) is 53.3 Å². The van der Waals surface area contributed by atoms with Gasteiger partial charge in [0.15, 0.2) is 0 Å². The third-order valence-corrected chi connectivity index (χ3v) is 11.8. The molecule has 4 aliphatic carbocycles. The molecule has 9 atom stereocenters. The molecule has 0 aliphatic heterocycles. The van der Waals surface area contributed by atoms with Gasteiger partial charge in [-0.3, -0.25) is 4.79 Å². The Kier molecular flexibility index (Phi) is 7.12. The fraction of sp³-hybridized carbons (Fsp3) is 0.781. The van der Waals surface area contributed by atoms with Gasteiger partial charge < -0.3 is 10.4 Å². The van der Waals surface area contributed by atoms with E-state index in [4.69, 9.17) is 0 Å². The van der Waals surface area contributed by atoms with E-state index >= 15 is 0 Å². The van der Waals surface area contributed by atoms with Crippen molar-refractivity contribution in [2.75, 3.05) is 0 Å². The van der Waals surface area contributed by atoms with E-state index in [0.717, 1.165) is 24.7 Å². The number of carbonyl (C=O) groups excluding carboxylic acids is 1. The molecule has 4 aliphatic rings. The van der Waals surface area contributed by atoms with E-state index in [1.165, 1.54) is 62.5 Å². The van der Waals surface area contributed by atoms with Gasteiger partial charge in [-0.25, -0.2) is 0 Å². The Morgan fingerprint density at radius 2 is 1.77 bits per heavy atom. The van der Waals surface area contributed by atoms with Crippen LogP contribution >= 0.6 is 0 Å². The zero-order valence-electron chi connectivity index (χ0n) is 22.7. The molecule has 0 spiro atoms. The minimum atomic E-state index is -0.0950. The predicted octanol–water partition coefficient (Wildman–Crippen LogP) is 7.05. The number of carbonyl (C=O) groups is 1. The predicted molar refractivity (Wildman–Crippen MR) is 143 cm³/mol. The van der Waals surface area contributed by atoms with Crippen molar-refractivity contribution in [2.45, 2.75) is 111 Å². The molecule has 3 heteroatoms. The van der Waals surface area contributed by atoms with Crippen LogP contribution in [-0.4, -0.2) is 17.1 Å². The molecule has 0 bridgehead atoms. The number of fused-ring (bicyclic) bond motifs is 5. The summed E-state index contributed by atoms with van der Waals surface area (Å²) in [5.41, 5.74) is 3.21. The summed E-state index contributed by atoms with van der Waals surface area (Å²) in [6.45, 7) is 10.3. The first kappa shape index (κ1) is 25.3. The normalized spacial score (nSPS) is 41.4. The molecule has 0 saturated heterocycles. The molecule has 4 fully saturated rings. The van der Waals surface area contributed by atoms with Gasteiger partial charge in [-0.15, -0.1) is 0 Å². The van der Waals surface area contributed by atoms with Crippen LogP contribution in [0.15, 0.2) is 24.3 Å². The molecule has 0 heterocycles. The van der Waals surface area contributed by atoms with Crippen molar-refractivity contribution in [3.63, 3.8) is 0 Å². The molecule has 194 valence electrons. The molecule has 6 unspecified atom stereocenters. The minimum Gasteiger partial charge on any atom is -0.393 e. The van der Waals surface area contributed by atoms with Crippen LogP contribution in [0.4, 0.5) is 0 Å². The first-order chi connectivity index (χ1) is 16.7. The Morgan fingerprint density at radius 3 is 2.54 bits per heavy atom. The van der Waals surface area contributed by atoms with E-state index < -0.39 is 0 Å². The summed E-state index contributed by atoms with van der Waals surface area (Å²) in [5.74, 6) is 4.05. The van der Waals surface area contributed by atoms with Crippen molar-refractivity contribution in [3.8, 4) is 0 Å². The van der Waals surface area contributed by atoms with Gasteiger partial charge >= 0.3 is 0 Å². The summed E-state index contributed by atoms with van der Waals surface area (Å²) in [4.78, 5) is 12.6. The SMILES string of the molecule is Cc1ccc(CNC(=O)CC[C@@H](C)C2CCC3C4C(O)C[C@@H]5CCCC[C@]5(C)C4CCC32C)cc1. The molecule has 5 rings (SSSR count). The van der Waals surface area contributed by atoms with Gasteiger partial charge in [0.05, 0.1) is 6.10 Å². The lowest BCUT2D eigenvalue weighted by atomic mass is 9.44. The first-order valence-corrected chi connectivity index (χ1v) is 14.7. The van der Waals surface area contributed by atoms with Gasteiger partial charge in [0, 0.05) is 13.0 Å². The Balaban J connectivity index is 1.19. The highest BCUT2D eigenvalue weighted by Crippen LogP contribution is 2.68. The van der Waals surface area contributed by atoms with Gasteiger partial charge in [-0.2, -0.15) is 0 Å². The molecule has 0 aromatic heterocycles. The molecular weight excluding hydrogens is 430 g/mol. The zero-order chi connectivity index (χ0) is 24.8. The topological polar surface area (TPSA) is 49.3 Å². The van der Waals surface area contributed by atoms with Gasteiger partial charge in [0.25, 0.3) is 0 Å². The van der Waals surface area contributed by atoms with Crippen LogP contribution in [-0.2, 0) is 11.3 Å². The largest absolute Gasteiger partial charge is 0.393 e. The van der Waals surface area contributed by atoms with Crippen molar-refractivity contribution in [1.29, 1.82) is 0 Å². The molecule has 0 radical (unpaired) electrons. The highest BCUT2D eigenvalue weighted by atomic mass is 16.3. The van der Waals surface area contributed by atoms with Crippen molar-refractivity contribution < 1.29 is 9.90 Å². The molecule has 35 heavy (non-hydrogen) atoms. The molecule has 4 saturated carbocycles. The number of nitrogens with one attached hydrogen (secondary N) is 1. The van der Waals surface area contributed by atoms with E-state index in [1.807, 2.05) is 0 Å². The van der Waals surface area contributed by atoms with Crippen LogP contribution in [0.5, 0.6) is 0 Å². The van der Waals surface area contributed by atoms with E-state index in [0.29, 0.717) is 47.5 Å². The van der Waals surface area contributed by atoms with Crippen molar-refractivity contribution in [3.05, 3.63) is 35.4 Å². The molecule has 1 amide bonds. The Morgan fingerprint density at radius 1 is 1.03 bits per heavy atom. The number of aliphatic hydroxyl groups is 1. The number of rotatable bonds is 6. The average Bonchev–Trinajstić information content (AvgIpc) is 3.19. The highest BCUT2D eigenvalue weighted by molar-refractivity contribution is 5.75. The maximum atomic E-state index is 12.6. The summed E-state index contributed by atoms with van der Waals surface area (Å²) in [6.07, 6.45) is 13.2. The van der Waals surface area contributed by atoms with E-state index in [-0.39, 0.29) is 12.0 Å². The number of hydrogen-bond acceptors (Lipinski definition) is 2. The fourth-order valence-corrected chi connectivity index (χ4v) is 9.79. The van der Waals surface area contributed by atoms with Crippen LogP contribution in [0.3, 0.4) is 0 Å². The monoisotopic (exact) mass is 479 g/mol. The molecular formula is C32H49NO2. The number of hydrogen-bond donors (Lipinski definition) is 2. The molecule has 1 aromatic rings. The van der Waals surface area contributed by atoms with Crippen LogP contribution < -0.4 is 5.32 Å². The van der Waals surface area contributed by atoms with E-state index in [9.17, 15) is 9.90 Å². The lowest BCUT2D eigenvalue weighted by Crippen LogP contribution is -2.57. The Bertz CT molecular complexity index is 895. The van der Waals surface area contributed by atoms with Crippen LogP contribution in [0.2, 0.25) is 0 Å². The van der Waals surface area contributed by atoms with Gasteiger partial charge in [-0.05, 0) is 110 Å². The second kappa shape index (κ2) is 9.84. The van der Waals surface area contributed by atoms with Gasteiger partial charge in [0.1, 0.15) is 0 Å². The second-order valence-corrected chi connectivity index (χ2v) is 13.5. The third kappa shape index (κ3) is 4.60. The molecule has 3 nitrogen and oxygen atoms in total. The highest BCUT2D eigenvalue weighted by Gasteiger charge is 2.62. The number of amides is 1. The van der Waals surface area contributed by atoms with Gasteiger partial charge in [0.2, 0.25) is 5.91 Å². The molecule has 2 N–H and O–H groups in total. The zero-order valence-corrected chi connectivity index (χ0v) is 22.7. The first-order valence-electron chi connectivity index (χ1n) is 14.7. The van der Waals surface area contributed by atoms with E-state index in [2.05, 4.69) is 57.3 Å². The maximum absolute atomic E-state index is 12.6.